The molecule has 0 bridgehead atoms. The van der Waals surface area contributed by atoms with Gasteiger partial charge in [0.1, 0.15) is 0 Å². The highest BCUT2D eigenvalue weighted by atomic mass is 32.2. The molecule has 4 heteroatoms. The molecule has 0 unspecified atom stereocenters. The molecule has 0 aliphatic rings. The Labute approximate surface area is 149 Å². The van der Waals surface area contributed by atoms with Crippen LogP contribution in [0.15, 0.2) is 82.6 Å². The lowest BCUT2D eigenvalue weighted by Gasteiger charge is -2.15. The third kappa shape index (κ3) is 3.59. The summed E-state index contributed by atoms with van der Waals surface area (Å²) in [5, 5.41) is 3.03. The fraction of sp³-hybridized carbons (Fsp3) is 0.143. The van der Waals surface area contributed by atoms with E-state index in [1.165, 1.54) is 0 Å². The molecule has 0 aliphatic heterocycles. The quantitative estimate of drug-likeness (QED) is 0.738. The molecule has 0 amide bonds. The van der Waals surface area contributed by atoms with E-state index in [9.17, 15) is 8.42 Å². The predicted octanol–water partition coefficient (Wildman–Crippen LogP) is 4.46. The van der Waals surface area contributed by atoms with Crippen LogP contribution in [0.5, 0.6) is 0 Å². The van der Waals surface area contributed by atoms with Gasteiger partial charge in [-0.1, -0.05) is 60.2 Å². The maximum atomic E-state index is 13.3. The highest BCUT2D eigenvalue weighted by Gasteiger charge is 2.24. The van der Waals surface area contributed by atoms with Gasteiger partial charge in [-0.15, -0.1) is 0 Å². The van der Waals surface area contributed by atoms with E-state index in [4.69, 9.17) is 0 Å². The van der Waals surface area contributed by atoms with Crippen LogP contribution in [-0.4, -0.2) is 15.5 Å². The molecule has 3 aromatic carbocycles. The van der Waals surface area contributed by atoms with E-state index in [1.54, 1.807) is 25.2 Å². The molecule has 0 saturated heterocycles. The molecule has 1 N–H and O–H groups in total. The fourth-order valence-corrected chi connectivity index (χ4v) is 4.56. The summed E-state index contributed by atoms with van der Waals surface area (Å²) in [6.45, 7) is 1.94. The number of hydrogen-bond acceptors (Lipinski definition) is 3. The number of rotatable bonds is 5. The van der Waals surface area contributed by atoms with E-state index in [1.807, 2.05) is 61.5 Å². The highest BCUT2D eigenvalue weighted by Crippen LogP contribution is 2.32. The van der Waals surface area contributed by atoms with Gasteiger partial charge in [0.25, 0.3) is 0 Å². The van der Waals surface area contributed by atoms with Gasteiger partial charge in [-0.2, -0.15) is 0 Å². The molecule has 25 heavy (non-hydrogen) atoms. The zero-order valence-corrected chi connectivity index (χ0v) is 15.2. The Kier molecular flexibility index (Phi) is 4.91. The van der Waals surface area contributed by atoms with Crippen molar-refractivity contribution in [2.45, 2.75) is 23.1 Å². The molecular weight excluding hydrogens is 330 g/mol. The molecule has 0 heterocycles. The zero-order valence-electron chi connectivity index (χ0n) is 14.4. The van der Waals surface area contributed by atoms with E-state index in [0.29, 0.717) is 21.9 Å². The molecule has 0 spiro atoms. The van der Waals surface area contributed by atoms with Crippen LogP contribution in [0.2, 0.25) is 0 Å². The number of hydrogen-bond donors (Lipinski definition) is 1. The smallest absolute Gasteiger partial charge is 0.208 e. The standard InChI is InChI=1S/C21H21NO2S/c1-16-11-13-19(14-12-16)25(23,24)21-18(9-6-10-20(21)22-2)15-17-7-4-3-5-8-17/h3-14,22H,15H2,1-2H3. The van der Waals surface area contributed by atoms with Gasteiger partial charge in [0, 0.05) is 7.05 Å². The van der Waals surface area contributed by atoms with E-state index >= 15 is 0 Å². The van der Waals surface area contributed by atoms with Crippen molar-refractivity contribution in [1.82, 2.24) is 0 Å². The molecule has 128 valence electrons. The van der Waals surface area contributed by atoms with Crippen LogP contribution in [-0.2, 0) is 16.3 Å². The second-order valence-electron chi connectivity index (χ2n) is 6.02. The van der Waals surface area contributed by atoms with E-state index in [0.717, 1.165) is 16.7 Å². The van der Waals surface area contributed by atoms with Crippen molar-refractivity contribution >= 4 is 15.5 Å². The molecule has 0 aliphatic carbocycles. The van der Waals surface area contributed by atoms with Crippen molar-refractivity contribution in [2.24, 2.45) is 0 Å². The summed E-state index contributed by atoms with van der Waals surface area (Å²) in [4.78, 5) is 0.667. The minimum absolute atomic E-state index is 0.315. The van der Waals surface area contributed by atoms with E-state index < -0.39 is 9.84 Å². The van der Waals surface area contributed by atoms with Gasteiger partial charge < -0.3 is 5.32 Å². The van der Waals surface area contributed by atoms with E-state index in [2.05, 4.69) is 5.32 Å². The lowest BCUT2D eigenvalue weighted by molar-refractivity contribution is 0.595. The summed E-state index contributed by atoms with van der Waals surface area (Å²) in [7, 11) is -1.87. The molecule has 0 fully saturated rings. The number of aryl methyl sites for hydroxylation is 1. The van der Waals surface area contributed by atoms with Gasteiger partial charge in [0.05, 0.1) is 15.5 Å². The first-order valence-electron chi connectivity index (χ1n) is 8.17. The summed E-state index contributed by atoms with van der Waals surface area (Å²) >= 11 is 0. The van der Waals surface area contributed by atoms with Crippen LogP contribution in [0.25, 0.3) is 0 Å². The van der Waals surface area contributed by atoms with Gasteiger partial charge in [0.2, 0.25) is 9.84 Å². The summed E-state index contributed by atoms with van der Waals surface area (Å²) < 4.78 is 26.6. The molecule has 0 saturated carbocycles. The number of benzene rings is 3. The SMILES string of the molecule is CNc1cccc(Cc2ccccc2)c1S(=O)(=O)c1ccc(C)cc1. The average molecular weight is 351 g/mol. The van der Waals surface area contributed by atoms with Gasteiger partial charge in [0.15, 0.2) is 0 Å². The van der Waals surface area contributed by atoms with E-state index in [-0.39, 0.29) is 0 Å². The Balaban J connectivity index is 2.15. The minimum Gasteiger partial charge on any atom is -0.387 e. The Morgan fingerprint density at radius 3 is 2.16 bits per heavy atom. The molecule has 3 rings (SSSR count). The molecule has 3 nitrogen and oxygen atoms in total. The Hall–Kier alpha value is -2.59. The molecule has 0 radical (unpaired) electrons. The Morgan fingerprint density at radius 2 is 1.52 bits per heavy atom. The molecule has 3 aromatic rings. The summed E-state index contributed by atoms with van der Waals surface area (Å²) in [6, 6.07) is 22.5. The first kappa shape index (κ1) is 17.2. The van der Waals surface area contributed by atoms with Crippen molar-refractivity contribution < 1.29 is 8.42 Å². The maximum absolute atomic E-state index is 13.3. The average Bonchev–Trinajstić information content (AvgIpc) is 2.62. The molecule has 0 atom stereocenters. The second-order valence-corrected chi connectivity index (χ2v) is 7.91. The second kappa shape index (κ2) is 7.11. The van der Waals surface area contributed by atoms with Crippen LogP contribution in [0, 0.1) is 6.92 Å². The largest absolute Gasteiger partial charge is 0.387 e. The lowest BCUT2D eigenvalue weighted by Crippen LogP contribution is -2.10. The van der Waals surface area contributed by atoms with Crippen LogP contribution >= 0.6 is 0 Å². The first-order chi connectivity index (χ1) is 12.0. The highest BCUT2D eigenvalue weighted by molar-refractivity contribution is 7.91. The van der Waals surface area contributed by atoms with Crippen LogP contribution in [0.3, 0.4) is 0 Å². The van der Waals surface area contributed by atoms with Crippen LogP contribution in [0.4, 0.5) is 5.69 Å². The predicted molar refractivity (Wildman–Crippen MR) is 102 cm³/mol. The monoisotopic (exact) mass is 351 g/mol. The van der Waals surface area contributed by atoms with Crippen molar-refractivity contribution in [3.05, 3.63) is 89.5 Å². The van der Waals surface area contributed by atoms with Crippen molar-refractivity contribution in [3.63, 3.8) is 0 Å². The van der Waals surface area contributed by atoms with Gasteiger partial charge in [-0.25, -0.2) is 8.42 Å². The first-order valence-corrected chi connectivity index (χ1v) is 9.66. The van der Waals surface area contributed by atoms with Crippen molar-refractivity contribution in [2.75, 3.05) is 12.4 Å². The van der Waals surface area contributed by atoms with Gasteiger partial charge in [-0.05, 0) is 42.7 Å². The van der Waals surface area contributed by atoms with Crippen LogP contribution < -0.4 is 5.32 Å². The number of anilines is 1. The number of sulfone groups is 1. The third-order valence-corrected chi connectivity index (χ3v) is 6.12. The maximum Gasteiger partial charge on any atom is 0.208 e. The fourth-order valence-electron chi connectivity index (χ4n) is 2.89. The lowest BCUT2D eigenvalue weighted by atomic mass is 10.0. The summed E-state index contributed by atoms with van der Waals surface area (Å²) in [6.07, 6.45) is 0.566. The Bertz CT molecular complexity index is 963. The topological polar surface area (TPSA) is 46.2 Å². The normalized spacial score (nSPS) is 11.3. The zero-order chi connectivity index (χ0) is 17.9. The number of nitrogens with one attached hydrogen (secondary N) is 1. The van der Waals surface area contributed by atoms with Crippen molar-refractivity contribution in [1.29, 1.82) is 0 Å². The van der Waals surface area contributed by atoms with Gasteiger partial charge in [-0.3, -0.25) is 0 Å². The summed E-state index contributed by atoms with van der Waals surface area (Å²) in [5.41, 5.74) is 3.52. The summed E-state index contributed by atoms with van der Waals surface area (Å²) in [5.74, 6) is 0. The minimum atomic E-state index is -3.61. The van der Waals surface area contributed by atoms with Crippen LogP contribution in [0.1, 0.15) is 16.7 Å². The Morgan fingerprint density at radius 1 is 0.840 bits per heavy atom. The van der Waals surface area contributed by atoms with Crippen molar-refractivity contribution in [3.8, 4) is 0 Å². The molecule has 0 aromatic heterocycles. The van der Waals surface area contributed by atoms with Gasteiger partial charge >= 0.3 is 0 Å². The molecular formula is C21H21NO2S. The third-order valence-electron chi connectivity index (χ3n) is 4.20.